The molecule has 2 fully saturated rings. The fraction of sp³-hybridized carbons (Fsp3) is 0.900. The average Bonchev–Trinajstić information content (AvgIpc) is 2.70. The number of hydrogen-bond donors (Lipinski definition) is 1. The number of nitrogens with two attached hydrogens (primary N) is 1. The topological polar surface area (TPSA) is 46.3 Å². The maximum atomic E-state index is 11.8. The highest BCUT2D eigenvalue weighted by Gasteiger charge is 2.42. The van der Waals surface area contributed by atoms with Crippen molar-refractivity contribution in [2.75, 3.05) is 19.6 Å². The summed E-state index contributed by atoms with van der Waals surface area (Å²) >= 11 is 0. The van der Waals surface area contributed by atoms with Gasteiger partial charge in [-0.15, -0.1) is 0 Å². The Morgan fingerprint density at radius 1 is 1.62 bits per heavy atom. The summed E-state index contributed by atoms with van der Waals surface area (Å²) in [6, 6.07) is 0. The molecule has 0 aromatic rings. The molecular formula is C10H18N2O. The zero-order valence-corrected chi connectivity index (χ0v) is 8.20. The van der Waals surface area contributed by atoms with Gasteiger partial charge in [0.1, 0.15) is 0 Å². The van der Waals surface area contributed by atoms with Crippen LogP contribution < -0.4 is 5.73 Å². The molecule has 1 aliphatic heterocycles. The molecule has 1 saturated heterocycles. The first-order valence-corrected chi connectivity index (χ1v) is 5.21. The van der Waals surface area contributed by atoms with Crippen LogP contribution in [0.5, 0.6) is 0 Å². The van der Waals surface area contributed by atoms with E-state index < -0.39 is 0 Å². The Kier molecular flexibility index (Phi) is 2.28. The maximum Gasteiger partial charge on any atom is 0.225 e. The van der Waals surface area contributed by atoms with Crippen LogP contribution in [0.4, 0.5) is 0 Å². The summed E-state index contributed by atoms with van der Waals surface area (Å²) < 4.78 is 0. The molecule has 1 saturated carbocycles. The highest BCUT2D eigenvalue weighted by Crippen LogP contribution is 2.39. The third-order valence-corrected chi connectivity index (χ3v) is 3.36. The molecule has 1 heterocycles. The third-order valence-electron chi connectivity index (χ3n) is 3.36. The van der Waals surface area contributed by atoms with Crippen LogP contribution in [0.25, 0.3) is 0 Å². The van der Waals surface area contributed by atoms with Gasteiger partial charge in [0, 0.05) is 19.0 Å². The first-order valence-electron chi connectivity index (χ1n) is 5.21. The lowest BCUT2D eigenvalue weighted by molar-refractivity contribution is -0.131. The Bertz CT molecular complexity index is 217. The normalized spacial score (nSPS) is 38.0. The van der Waals surface area contributed by atoms with Crippen LogP contribution in [0.1, 0.15) is 19.8 Å². The summed E-state index contributed by atoms with van der Waals surface area (Å²) in [5.74, 6) is 1.91. The SMILES string of the molecule is CC1CC1C(=O)N1CCC(CN)C1. The lowest BCUT2D eigenvalue weighted by Crippen LogP contribution is -2.31. The minimum atomic E-state index is 0.344. The van der Waals surface area contributed by atoms with E-state index in [1.54, 1.807) is 0 Å². The van der Waals surface area contributed by atoms with Gasteiger partial charge in [-0.3, -0.25) is 4.79 Å². The van der Waals surface area contributed by atoms with E-state index >= 15 is 0 Å². The molecule has 0 bridgehead atoms. The molecule has 0 spiro atoms. The molecule has 0 radical (unpaired) electrons. The molecule has 3 atom stereocenters. The Morgan fingerprint density at radius 3 is 2.77 bits per heavy atom. The van der Waals surface area contributed by atoms with E-state index in [9.17, 15) is 4.79 Å². The van der Waals surface area contributed by atoms with Crippen molar-refractivity contribution in [1.29, 1.82) is 0 Å². The zero-order chi connectivity index (χ0) is 9.42. The van der Waals surface area contributed by atoms with Crippen molar-refractivity contribution >= 4 is 5.91 Å². The van der Waals surface area contributed by atoms with Gasteiger partial charge in [0.25, 0.3) is 0 Å². The molecule has 3 nitrogen and oxygen atoms in total. The molecule has 1 aliphatic carbocycles. The number of hydrogen-bond acceptors (Lipinski definition) is 2. The van der Waals surface area contributed by atoms with Gasteiger partial charge in [-0.1, -0.05) is 6.92 Å². The summed E-state index contributed by atoms with van der Waals surface area (Å²) in [6.45, 7) is 4.71. The van der Waals surface area contributed by atoms with Crippen molar-refractivity contribution in [3.05, 3.63) is 0 Å². The Labute approximate surface area is 79.3 Å². The second-order valence-corrected chi connectivity index (χ2v) is 4.49. The van der Waals surface area contributed by atoms with E-state index in [1.165, 1.54) is 0 Å². The quantitative estimate of drug-likeness (QED) is 0.674. The number of carbonyl (C=O) groups is 1. The van der Waals surface area contributed by atoms with Gasteiger partial charge >= 0.3 is 0 Å². The lowest BCUT2D eigenvalue weighted by Gasteiger charge is -2.15. The highest BCUT2D eigenvalue weighted by atomic mass is 16.2. The number of amides is 1. The molecule has 3 heteroatoms. The largest absolute Gasteiger partial charge is 0.342 e. The molecule has 3 unspecified atom stereocenters. The van der Waals surface area contributed by atoms with Gasteiger partial charge in [0.05, 0.1) is 0 Å². The Hall–Kier alpha value is -0.570. The van der Waals surface area contributed by atoms with Crippen LogP contribution in [0.3, 0.4) is 0 Å². The first-order chi connectivity index (χ1) is 6.22. The smallest absolute Gasteiger partial charge is 0.225 e. The zero-order valence-electron chi connectivity index (χ0n) is 8.20. The fourth-order valence-corrected chi connectivity index (χ4v) is 2.13. The van der Waals surface area contributed by atoms with Gasteiger partial charge in [-0.2, -0.15) is 0 Å². The molecular weight excluding hydrogens is 164 g/mol. The Balaban J connectivity index is 1.85. The van der Waals surface area contributed by atoms with E-state index in [2.05, 4.69) is 6.92 Å². The van der Waals surface area contributed by atoms with Crippen molar-refractivity contribution in [2.24, 2.45) is 23.5 Å². The summed E-state index contributed by atoms with van der Waals surface area (Å²) in [7, 11) is 0. The predicted molar refractivity (Wildman–Crippen MR) is 51.0 cm³/mol. The number of likely N-dealkylation sites (tertiary alicyclic amines) is 1. The summed E-state index contributed by atoms with van der Waals surface area (Å²) in [6.07, 6.45) is 2.20. The number of nitrogens with zero attached hydrogens (tertiary/aromatic N) is 1. The van der Waals surface area contributed by atoms with Crippen molar-refractivity contribution < 1.29 is 4.79 Å². The van der Waals surface area contributed by atoms with E-state index in [-0.39, 0.29) is 0 Å². The van der Waals surface area contributed by atoms with E-state index in [0.717, 1.165) is 32.5 Å². The van der Waals surface area contributed by atoms with Gasteiger partial charge in [0.15, 0.2) is 0 Å². The summed E-state index contributed by atoms with van der Waals surface area (Å²) in [5, 5.41) is 0. The van der Waals surface area contributed by atoms with Gasteiger partial charge in [-0.25, -0.2) is 0 Å². The van der Waals surface area contributed by atoms with Crippen LogP contribution in [-0.4, -0.2) is 30.4 Å². The van der Waals surface area contributed by atoms with Crippen molar-refractivity contribution in [3.8, 4) is 0 Å². The minimum Gasteiger partial charge on any atom is -0.342 e. The minimum absolute atomic E-state index is 0.344. The monoisotopic (exact) mass is 182 g/mol. The molecule has 0 aromatic heterocycles. The second-order valence-electron chi connectivity index (χ2n) is 4.49. The van der Waals surface area contributed by atoms with Crippen LogP contribution in [-0.2, 0) is 4.79 Å². The molecule has 0 aromatic carbocycles. The van der Waals surface area contributed by atoms with E-state index in [4.69, 9.17) is 5.73 Å². The highest BCUT2D eigenvalue weighted by molar-refractivity contribution is 5.81. The molecule has 2 rings (SSSR count). The fourth-order valence-electron chi connectivity index (χ4n) is 2.13. The van der Waals surface area contributed by atoms with E-state index in [1.807, 2.05) is 4.90 Å². The average molecular weight is 182 g/mol. The van der Waals surface area contributed by atoms with Crippen molar-refractivity contribution in [3.63, 3.8) is 0 Å². The molecule has 74 valence electrons. The summed E-state index contributed by atoms with van der Waals surface area (Å²) in [5.41, 5.74) is 5.58. The number of rotatable bonds is 2. The van der Waals surface area contributed by atoms with Crippen molar-refractivity contribution in [2.45, 2.75) is 19.8 Å². The van der Waals surface area contributed by atoms with E-state index in [0.29, 0.717) is 23.7 Å². The van der Waals surface area contributed by atoms with Crippen molar-refractivity contribution in [1.82, 2.24) is 4.90 Å². The van der Waals surface area contributed by atoms with Crippen LogP contribution in [0, 0.1) is 17.8 Å². The molecule has 2 N–H and O–H groups in total. The Morgan fingerprint density at radius 2 is 2.31 bits per heavy atom. The standard InChI is InChI=1S/C10H18N2O/c1-7-4-9(7)10(13)12-3-2-8(5-11)6-12/h7-9H,2-6,11H2,1H3. The van der Waals surface area contributed by atoms with Gasteiger partial charge < -0.3 is 10.6 Å². The lowest BCUT2D eigenvalue weighted by atomic mass is 10.1. The summed E-state index contributed by atoms with van der Waals surface area (Å²) in [4.78, 5) is 13.8. The number of carbonyl (C=O) groups excluding carboxylic acids is 1. The first kappa shape index (κ1) is 9.00. The molecule has 13 heavy (non-hydrogen) atoms. The van der Waals surface area contributed by atoms with Gasteiger partial charge in [0.2, 0.25) is 5.91 Å². The molecule has 1 amide bonds. The maximum absolute atomic E-state index is 11.8. The predicted octanol–water partition coefficient (Wildman–Crippen LogP) is 0.450. The van der Waals surface area contributed by atoms with Crippen LogP contribution in [0.15, 0.2) is 0 Å². The van der Waals surface area contributed by atoms with Crippen LogP contribution >= 0.6 is 0 Å². The second kappa shape index (κ2) is 3.29. The van der Waals surface area contributed by atoms with Crippen LogP contribution in [0.2, 0.25) is 0 Å². The van der Waals surface area contributed by atoms with Gasteiger partial charge in [-0.05, 0) is 31.2 Å². The molecule has 2 aliphatic rings. The third kappa shape index (κ3) is 1.70.